The number of piperidine rings is 1. The SMILES string of the molecule is CCN[C@H]1CCN(CCc2c(F)cnc3c(F)cc(OC)cc23)C[C@H]1O. The summed E-state index contributed by atoms with van der Waals surface area (Å²) in [6, 6.07) is 2.97. The average Bonchev–Trinajstić information content (AvgIpc) is 2.62. The standard InChI is InChI=1S/C19H25F2N3O2/c1-3-22-17-5-7-24(11-18(17)25)6-4-13-14-8-12(26-2)9-15(20)19(14)23-10-16(13)21/h8-10,17-18,22,25H,3-7,11H2,1-2H3/t17-,18+/m0/s1. The van der Waals surface area contributed by atoms with Crippen LogP contribution in [0.2, 0.25) is 0 Å². The number of likely N-dealkylation sites (N-methyl/N-ethyl adjacent to an activating group) is 1. The molecule has 0 unspecified atom stereocenters. The van der Waals surface area contributed by atoms with E-state index >= 15 is 0 Å². The Hall–Kier alpha value is -1.83. The van der Waals surface area contributed by atoms with Crippen LogP contribution in [-0.4, -0.2) is 60.4 Å². The highest BCUT2D eigenvalue weighted by molar-refractivity contribution is 5.84. The number of pyridine rings is 1. The second-order valence-electron chi connectivity index (χ2n) is 6.66. The van der Waals surface area contributed by atoms with Gasteiger partial charge in [-0.25, -0.2) is 8.78 Å². The number of ether oxygens (including phenoxy) is 1. The van der Waals surface area contributed by atoms with Crippen LogP contribution in [0.25, 0.3) is 10.9 Å². The molecule has 7 heteroatoms. The maximum Gasteiger partial charge on any atom is 0.153 e. The fraction of sp³-hybridized carbons (Fsp3) is 0.526. The van der Waals surface area contributed by atoms with Gasteiger partial charge in [0.1, 0.15) is 17.1 Å². The molecule has 0 radical (unpaired) electrons. The number of hydrogen-bond donors (Lipinski definition) is 2. The van der Waals surface area contributed by atoms with Crippen LogP contribution in [0, 0.1) is 11.6 Å². The Balaban J connectivity index is 1.77. The van der Waals surface area contributed by atoms with E-state index < -0.39 is 17.7 Å². The van der Waals surface area contributed by atoms with E-state index in [1.54, 1.807) is 6.07 Å². The van der Waals surface area contributed by atoms with Crippen LogP contribution in [0.5, 0.6) is 5.75 Å². The van der Waals surface area contributed by atoms with Gasteiger partial charge in [-0.3, -0.25) is 4.98 Å². The summed E-state index contributed by atoms with van der Waals surface area (Å²) >= 11 is 0. The highest BCUT2D eigenvalue weighted by Gasteiger charge is 2.27. The van der Waals surface area contributed by atoms with Crippen LogP contribution < -0.4 is 10.1 Å². The number of rotatable bonds is 6. The molecular weight excluding hydrogens is 340 g/mol. The maximum atomic E-state index is 14.4. The van der Waals surface area contributed by atoms with Crippen molar-refractivity contribution in [3.63, 3.8) is 0 Å². The lowest BCUT2D eigenvalue weighted by molar-refractivity contribution is 0.0417. The summed E-state index contributed by atoms with van der Waals surface area (Å²) in [6.07, 6.45) is 1.88. The Morgan fingerprint density at radius 2 is 2.15 bits per heavy atom. The Morgan fingerprint density at radius 3 is 2.85 bits per heavy atom. The minimum Gasteiger partial charge on any atom is -0.497 e. The van der Waals surface area contributed by atoms with Gasteiger partial charge in [0, 0.05) is 36.1 Å². The van der Waals surface area contributed by atoms with Crippen molar-refractivity contribution in [1.29, 1.82) is 0 Å². The van der Waals surface area contributed by atoms with Crippen LogP contribution >= 0.6 is 0 Å². The second kappa shape index (κ2) is 8.24. The number of nitrogens with zero attached hydrogens (tertiary/aromatic N) is 2. The molecule has 1 aromatic carbocycles. The summed E-state index contributed by atoms with van der Waals surface area (Å²) in [5.41, 5.74) is 0.573. The molecule has 2 aromatic rings. The van der Waals surface area contributed by atoms with Crippen molar-refractivity contribution in [2.24, 2.45) is 0 Å². The number of halogens is 2. The zero-order valence-electron chi connectivity index (χ0n) is 15.1. The van der Waals surface area contributed by atoms with E-state index in [9.17, 15) is 13.9 Å². The van der Waals surface area contributed by atoms with Gasteiger partial charge >= 0.3 is 0 Å². The third kappa shape index (κ3) is 3.95. The molecule has 0 amide bonds. The molecule has 1 aliphatic rings. The molecule has 0 aliphatic carbocycles. The third-order valence-corrected chi connectivity index (χ3v) is 5.00. The summed E-state index contributed by atoms with van der Waals surface area (Å²) in [5.74, 6) is -0.638. The van der Waals surface area contributed by atoms with Gasteiger partial charge in [0.15, 0.2) is 5.82 Å². The normalized spacial score (nSPS) is 21.3. The fourth-order valence-corrected chi connectivity index (χ4v) is 3.61. The van der Waals surface area contributed by atoms with Crippen molar-refractivity contribution in [1.82, 2.24) is 15.2 Å². The van der Waals surface area contributed by atoms with Gasteiger partial charge in [-0.05, 0) is 32.0 Å². The lowest BCUT2D eigenvalue weighted by atomic mass is 10.00. The first-order valence-electron chi connectivity index (χ1n) is 8.98. The molecule has 2 heterocycles. The van der Waals surface area contributed by atoms with Crippen LogP contribution in [0.4, 0.5) is 8.78 Å². The number of fused-ring (bicyclic) bond motifs is 1. The van der Waals surface area contributed by atoms with Crippen molar-refractivity contribution < 1.29 is 18.6 Å². The van der Waals surface area contributed by atoms with Gasteiger partial charge in [-0.15, -0.1) is 0 Å². The molecule has 26 heavy (non-hydrogen) atoms. The van der Waals surface area contributed by atoms with Crippen LogP contribution in [0.15, 0.2) is 18.3 Å². The number of likely N-dealkylation sites (tertiary alicyclic amines) is 1. The first-order valence-corrected chi connectivity index (χ1v) is 8.98. The Bertz CT molecular complexity index is 772. The van der Waals surface area contributed by atoms with Gasteiger partial charge in [-0.1, -0.05) is 6.92 Å². The topological polar surface area (TPSA) is 57.6 Å². The van der Waals surface area contributed by atoms with Crippen molar-refractivity contribution in [3.05, 3.63) is 35.5 Å². The summed E-state index contributed by atoms with van der Waals surface area (Å²) in [5, 5.41) is 14.0. The van der Waals surface area contributed by atoms with E-state index in [2.05, 4.69) is 15.2 Å². The van der Waals surface area contributed by atoms with Gasteiger partial charge in [0.2, 0.25) is 0 Å². The van der Waals surface area contributed by atoms with Crippen molar-refractivity contribution in [2.45, 2.75) is 31.9 Å². The zero-order valence-corrected chi connectivity index (χ0v) is 15.1. The molecule has 0 saturated carbocycles. The van der Waals surface area contributed by atoms with E-state index in [1.807, 2.05) is 6.92 Å². The Labute approximate surface area is 152 Å². The number of aliphatic hydroxyl groups is 1. The van der Waals surface area contributed by atoms with Crippen molar-refractivity contribution in [3.8, 4) is 5.75 Å². The molecule has 5 nitrogen and oxygen atoms in total. The molecule has 1 saturated heterocycles. The van der Waals surface area contributed by atoms with Crippen LogP contribution in [0.1, 0.15) is 18.9 Å². The molecule has 3 rings (SSSR count). The van der Waals surface area contributed by atoms with Gasteiger partial charge < -0.3 is 20.1 Å². The lowest BCUT2D eigenvalue weighted by Gasteiger charge is -2.36. The van der Waals surface area contributed by atoms with E-state index in [1.165, 1.54) is 13.2 Å². The molecule has 1 fully saturated rings. The minimum absolute atomic E-state index is 0.105. The monoisotopic (exact) mass is 365 g/mol. The number of nitrogens with one attached hydrogen (secondary N) is 1. The zero-order chi connectivity index (χ0) is 18.7. The second-order valence-corrected chi connectivity index (χ2v) is 6.66. The Kier molecular flexibility index (Phi) is 6.01. The van der Waals surface area contributed by atoms with E-state index in [0.29, 0.717) is 36.2 Å². The van der Waals surface area contributed by atoms with Crippen LogP contribution in [0.3, 0.4) is 0 Å². The first-order chi connectivity index (χ1) is 12.5. The van der Waals surface area contributed by atoms with Gasteiger partial charge in [-0.2, -0.15) is 0 Å². The number of aliphatic hydroxyl groups excluding tert-OH is 1. The highest BCUT2D eigenvalue weighted by Crippen LogP contribution is 2.27. The Morgan fingerprint density at radius 1 is 1.35 bits per heavy atom. The summed E-state index contributed by atoms with van der Waals surface area (Å²) in [4.78, 5) is 6.00. The molecular formula is C19H25F2N3O2. The molecule has 2 N–H and O–H groups in total. The maximum absolute atomic E-state index is 14.4. The highest BCUT2D eigenvalue weighted by atomic mass is 19.1. The molecule has 2 atom stereocenters. The number of β-amino-alcohol motifs (C(OH)–C–C–N with tert-alkyl or cyclic N) is 1. The predicted octanol–water partition coefficient (Wildman–Crippen LogP) is 2.11. The van der Waals surface area contributed by atoms with Crippen LogP contribution in [-0.2, 0) is 6.42 Å². The van der Waals surface area contributed by atoms with Gasteiger partial charge in [0.05, 0.1) is 19.4 Å². The number of benzene rings is 1. The molecule has 0 spiro atoms. The molecule has 142 valence electrons. The quantitative estimate of drug-likeness (QED) is 0.821. The first kappa shape index (κ1) is 18.9. The van der Waals surface area contributed by atoms with Crippen molar-refractivity contribution >= 4 is 10.9 Å². The average molecular weight is 365 g/mol. The van der Waals surface area contributed by atoms with Gasteiger partial charge in [0.25, 0.3) is 0 Å². The fourth-order valence-electron chi connectivity index (χ4n) is 3.61. The van der Waals surface area contributed by atoms with E-state index in [4.69, 9.17) is 4.74 Å². The van der Waals surface area contributed by atoms with E-state index in [-0.39, 0.29) is 11.6 Å². The van der Waals surface area contributed by atoms with Crippen molar-refractivity contribution in [2.75, 3.05) is 33.3 Å². The molecule has 0 bridgehead atoms. The number of hydrogen-bond acceptors (Lipinski definition) is 5. The summed E-state index contributed by atoms with van der Waals surface area (Å²) < 4.78 is 33.7. The number of aromatic nitrogens is 1. The number of methoxy groups -OCH3 is 1. The third-order valence-electron chi connectivity index (χ3n) is 5.00. The lowest BCUT2D eigenvalue weighted by Crippen LogP contribution is -2.52. The summed E-state index contributed by atoms with van der Waals surface area (Å²) in [7, 11) is 1.45. The summed E-state index contributed by atoms with van der Waals surface area (Å²) in [6.45, 7) is 4.80. The predicted molar refractivity (Wildman–Crippen MR) is 96.4 cm³/mol. The largest absolute Gasteiger partial charge is 0.497 e. The minimum atomic E-state index is -0.525. The van der Waals surface area contributed by atoms with E-state index in [0.717, 1.165) is 25.7 Å². The smallest absolute Gasteiger partial charge is 0.153 e. The molecule has 1 aliphatic heterocycles. The molecule has 1 aromatic heterocycles.